The number of rotatable bonds is 7. The Kier molecular flexibility index (Phi) is 8.59. The molecule has 1 aliphatic rings. The molecule has 4 N–H and O–H groups in total. The minimum absolute atomic E-state index is 0.0591. The molecular formula is C30H30F3N3O4S. The smallest absolute Gasteiger partial charge is 0.379 e. The van der Waals surface area contributed by atoms with E-state index in [0.717, 1.165) is 25.3 Å². The highest BCUT2D eigenvalue weighted by Gasteiger charge is 2.44. The van der Waals surface area contributed by atoms with Gasteiger partial charge in [-0.2, -0.15) is 18.4 Å². The van der Waals surface area contributed by atoms with Gasteiger partial charge >= 0.3 is 6.18 Å². The van der Waals surface area contributed by atoms with Crippen molar-refractivity contribution in [2.75, 3.05) is 5.32 Å². The van der Waals surface area contributed by atoms with E-state index in [4.69, 9.17) is 10.4 Å². The maximum Gasteiger partial charge on any atom is 0.417 e. The number of halogens is 3. The molecule has 1 fully saturated rings. The molecule has 0 aromatic heterocycles. The topological polar surface area (TPSA) is 133 Å². The van der Waals surface area contributed by atoms with E-state index in [9.17, 15) is 31.5 Å². The number of aryl methyl sites for hydroxylation is 1. The van der Waals surface area contributed by atoms with Crippen LogP contribution in [-0.4, -0.2) is 25.0 Å². The van der Waals surface area contributed by atoms with E-state index >= 15 is 0 Å². The van der Waals surface area contributed by atoms with Crippen LogP contribution in [0.15, 0.2) is 65.6 Å². The first-order valence-electron chi connectivity index (χ1n) is 13.1. The van der Waals surface area contributed by atoms with Crippen molar-refractivity contribution < 1.29 is 31.5 Å². The van der Waals surface area contributed by atoms with Crippen molar-refractivity contribution in [1.82, 2.24) is 0 Å². The molecule has 1 amide bonds. The number of hydrogen-bond donors (Lipinski definition) is 3. The van der Waals surface area contributed by atoms with E-state index < -0.39 is 44.8 Å². The molecule has 11 heteroatoms. The summed E-state index contributed by atoms with van der Waals surface area (Å²) in [6, 6.07) is 15.9. The summed E-state index contributed by atoms with van der Waals surface area (Å²) in [5.74, 6) is -1.31. The van der Waals surface area contributed by atoms with E-state index in [0.29, 0.717) is 41.2 Å². The van der Waals surface area contributed by atoms with Gasteiger partial charge < -0.3 is 10.4 Å². The lowest BCUT2D eigenvalue weighted by Crippen LogP contribution is -2.51. The SMILES string of the molecule is Cc1ccc(-c2cccc(CC(O)(C(=O)Nc3ccc(C#N)c(C(F)(F)F)c3)C3CCCCC3)c2)c(S(N)(=O)=O)c1. The molecule has 216 valence electrons. The lowest BCUT2D eigenvalue weighted by molar-refractivity contribution is -0.142. The number of carbonyl (C=O) groups excluding carboxylic acids is 1. The second-order valence-corrected chi connectivity index (χ2v) is 12.0. The van der Waals surface area contributed by atoms with Crippen LogP contribution in [0.5, 0.6) is 0 Å². The van der Waals surface area contributed by atoms with Gasteiger partial charge in [0.1, 0.15) is 5.60 Å². The zero-order chi connectivity index (χ0) is 30.0. The van der Waals surface area contributed by atoms with Crippen LogP contribution in [0.2, 0.25) is 0 Å². The van der Waals surface area contributed by atoms with Crippen LogP contribution < -0.4 is 10.5 Å². The van der Waals surface area contributed by atoms with Crippen LogP contribution in [0.25, 0.3) is 11.1 Å². The predicted molar refractivity (Wildman–Crippen MR) is 148 cm³/mol. The normalized spacial score (nSPS) is 16.0. The molecule has 7 nitrogen and oxygen atoms in total. The number of alkyl halides is 3. The average Bonchev–Trinajstić information content (AvgIpc) is 2.92. The van der Waals surface area contributed by atoms with Crippen molar-refractivity contribution >= 4 is 21.6 Å². The zero-order valence-corrected chi connectivity index (χ0v) is 23.1. The van der Waals surface area contributed by atoms with Crippen LogP contribution in [0.4, 0.5) is 18.9 Å². The van der Waals surface area contributed by atoms with Gasteiger partial charge in [-0.1, -0.05) is 55.7 Å². The van der Waals surface area contributed by atoms with Crippen molar-refractivity contribution in [2.45, 2.75) is 62.1 Å². The molecule has 1 aliphatic carbocycles. The lowest BCUT2D eigenvalue weighted by atomic mass is 9.73. The second kappa shape index (κ2) is 11.6. The highest BCUT2D eigenvalue weighted by molar-refractivity contribution is 7.89. The van der Waals surface area contributed by atoms with Gasteiger partial charge in [-0.15, -0.1) is 0 Å². The fourth-order valence-corrected chi connectivity index (χ4v) is 6.29. The Morgan fingerprint density at radius 2 is 1.78 bits per heavy atom. The Hall–Kier alpha value is -3.72. The van der Waals surface area contributed by atoms with Crippen LogP contribution in [0.3, 0.4) is 0 Å². The number of anilines is 1. The van der Waals surface area contributed by atoms with E-state index in [1.165, 1.54) is 18.2 Å². The summed E-state index contributed by atoms with van der Waals surface area (Å²) in [5, 5.41) is 28.9. The third-order valence-electron chi connectivity index (χ3n) is 7.53. The summed E-state index contributed by atoms with van der Waals surface area (Å²) in [6.45, 7) is 1.74. The van der Waals surface area contributed by atoms with Crippen LogP contribution in [0, 0.1) is 24.2 Å². The summed E-state index contributed by atoms with van der Waals surface area (Å²) in [5.41, 5.74) is -1.82. The number of nitrogens with one attached hydrogen (secondary N) is 1. The number of primary sulfonamides is 1. The van der Waals surface area contributed by atoms with E-state index in [1.807, 2.05) is 0 Å². The van der Waals surface area contributed by atoms with Gasteiger partial charge in [0.2, 0.25) is 10.0 Å². The summed E-state index contributed by atoms with van der Waals surface area (Å²) in [4.78, 5) is 13.6. The Morgan fingerprint density at radius 3 is 2.41 bits per heavy atom. The number of amides is 1. The first kappa shape index (κ1) is 30.2. The van der Waals surface area contributed by atoms with Crippen LogP contribution in [-0.2, 0) is 27.4 Å². The van der Waals surface area contributed by atoms with Crippen molar-refractivity contribution in [2.24, 2.45) is 11.1 Å². The van der Waals surface area contributed by atoms with E-state index in [2.05, 4.69) is 5.32 Å². The molecule has 0 radical (unpaired) electrons. The monoisotopic (exact) mass is 585 g/mol. The van der Waals surface area contributed by atoms with E-state index in [1.54, 1.807) is 43.3 Å². The fraction of sp³-hybridized carbons (Fsp3) is 0.333. The van der Waals surface area contributed by atoms with Crippen molar-refractivity contribution in [3.8, 4) is 17.2 Å². The standard InChI is InChI=1S/C30H30F3N3O4S/c1-19-10-13-25(27(14-19)41(35,39)40)21-7-5-6-20(15-21)17-29(38,23-8-3-2-4-9-23)28(37)36-24-12-11-22(18-34)26(16-24)30(31,32)33/h5-7,10-16,23,38H,2-4,8-9,17H2,1H3,(H,36,37)(H2,35,39,40). The van der Waals surface area contributed by atoms with Gasteiger partial charge in [0.15, 0.2) is 0 Å². The predicted octanol–water partition coefficient (Wildman–Crippen LogP) is 5.69. The first-order valence-corrected chi connectivity index (χ1v) is 14.6. The Balaban J connectivity index is 1.71. The Bertz CT molecular complexity index is 1610. The minimum Gasteiger partial charge on any atom is -0.379 e. The number of aliphatic hydroxyl groups is 1. The second-order valence-electron chi connectivity index (χ2n) is 10.5. The molecule has 3 aromatic carbocycles. The van der Waals surface area contributed by atoms with Crippen LogP contribution in [0.1, 0.15) is 54.4 Å². The van der Waals surface area contributed by atoms with Gasteiger partial charge in [-0.05, 0) is 66.6 Å². The summed E-state index contributed by atoms with van der Waals surface area (Å²) in [6.07, 6.45) is -1.34. The molecule has 41 heavy (non-hydrogen) atoms. The molecule has 3 aromatic rings. The summed E-state index contributed by atoms with van der Waals surface area (Å²) >= 11 is 0. The minimum atomic E-state index is -4.81. The van der Waals surface area contributed by atoms with Gasteiger partial charge in [0.25, 0.3) is 5.91 Å². The molecule has 0 saturated heterocycles. The van der Waals surface area contributed by atoms with Crippen molar-refractivity contribution in [3.63, 3.8) is 0 Å². The third-order valence-corrected chi connectivity index (χ3v) is 8.48. The van der Waals surface area contributed by atoms with Gasteiger partial charge in [0, 0.05) is 17.7 Å². The number of sulfonamides is 1. The highest BCUT2D eigenvalue weighted by Crippen LogP contribution is 2.38. The molecule has 0 aliphatic heterocycles. The maximum atomic E-state index is 13.6. The largest absolute Gasteiger partial charge is 0.417 e. The number of hydrogen-bond acceptors (Lipinski definition) is 5. The summed E-state index contributed by atoms with van der Waals surface area (Å²) < 4.78 is 65.1. The van der Waals surface area contributed by atoms with E-state index in [-0.39, 0.29) is 17.0 Å². The highest BCUT2D eigenvalue weighted by atomic mass is 32.2. The molecule has 1 atom stereocenters. The quantitative estimate of drug-likeness (QED) is 0.328. The molecule has 0 heterocycles. The Morgan fingerprint density at radius 1 is 1.07 bits per heavy atom. The lowest BCUT2D eigenvalue weighted by Gasteiger charge is -2.37. The summed E-state index contributed by atoms with van der Waals surface area (Å²) in [7, 11) is -4.05. The number of benzene rings is 3. The first-order chi connectivity index (χ1) is 19.2. The zero-order valence-electron chi connectivity index (χ0n) is 22.3. The van der Waals surface area contributed by atoms with Gasteiger partial charge in [-0.3, -0.25) is 4.79 Å². The number of carbonyl (C=O) groups is 1. The maximum absolute atomic E-state index is 13.6. The van der Waals surface area contributed by atoms with Crippen molar-refractivity contribution in [1.29, 1.82) is 5.26 Å². The molecule has 1 saturated carbocycles. The molecular weight excluding hydrogens is 555 g/mol. The van der Waals surface area contributed by atoms with Crippen LogP contribution >= 0.6 is 0 Å². The van der Waals surface area contributed by atoms with Gasteiger partial charge in [-0.25, -0.2) is 13.6 Å². The molecule has 1 unspecified atom stereocenters. The molecule has 0 bridgehead atoms. The van der Waals surface area contributed by atoms with Crippen molar-refractivity contribution in [3.05, 3.63) is 82.9 Å². The number of nitrogens with zero attached hydrogens (tertiary/aromatic N) is 1. The number of nitriles is 1. The average molecular weight is 586 g/mol. The van der Waals surface area contributed by atoms with Gasteiger partial charge in [0.05, 0.1) is 22.1 Å². The molecule has 4 rings (SSSR count). The molecule has 0 spiro atoms. The number of nitrogens with two attached hydrogens (primary N) is 1. The fourth-order valence-electron chi connectivity index (χ4n) is 5.45. The Labute approximate surface area is 236 Å². The third kappa shape index (κ3) is 6.78.